The summed E-state index contributed by atoms with van der Waals surface area (Å²) < 4.78 is 12.4. The van der Waals surface area contributed by atoms with Crippen molar-refractivity contribution in [2.45, 2.75) is 0 Å². The van der Waals surface area contributed by atoms with E-state index < -0.39 is 0 Å². The molecule has 11 heteroatoms. The summed E-state index contributed by atoms with van der Waals surface area (Å²) in [7, 11) is 3.32. The normalized spacial score (nSPS) is 14.7. The van der Waals surface area contributed by atoms with Crippen molar-refractivity contribution in [2.24, 2.45) is 9.98 Å². The summed E-state index contributed by atoms with van der Waals surface area (Å²) in [4.78, 5) is 34.2. The molecule has 0 atom stereocenters. The van der Waals surface area contributed by atoms with Crippen LogP contribution in [0.4, 0.5) is 0 Å². The molecule has 166 valence electrons. The van der Waals surface area contributed by atoms with Crippen LogP contribution < -0.4 is 20.1 Å². The maximum Gasteiger partial charge on any atom is 0.304 e. The van der Waals surface area contributed by atoms with Crippen molar-refractivity contribution < 1.29 is 19.1 Å². The molecule has 4 rings (SSSR count). The second kappa shape index (κ2) is 9.13. The first kappa shape index (κ1) is 22.0. The highest BCUT2D eigenvalue weighted by Crippen LogP contribution is 2.25. The Kier molecular flexibility index (Phi) is 6.10. The minimum Gasteiger partial charge on any atom is -0.437 e. The summed E-state index contributed by atoms with van der Waals surface area (Å²) in [5.41, 5.74) is 1.07. The number of nitriles is 1. The number of carbonyl (C=O) groups excluding carboxylic acids is 2. The third-order valence-corrected chi connectivity index (χ3v) is 4.90. The van der Waals surface area contributed by atoms with E-state index >= 15 is 0 Å². The number of nitrogens with zero attached hydrogens (tertiary/aromatic N) is 4. The molecule has 33 heavy (non-hydrogen) atoms. The Morgan fingerprint density at radius 1 is 1.15 bits per heavy atom. The maximum atomic E-state index is 12.3. The zero-order valence-corrected chi connectivity index (χ0v) is 19.1. The number of hydrogen-bond donors (Lipinski definition) is 2. The predicted octanol–water partition coefficient (Wildman–Crippen LogP) is 2.14. The molecule has 0 radical (unpaired) electrons. The fourth-order valence-electron chi connectivity index (χ4n) is 2.98. The Bertz CT molecular complexity index is 1290. The van der Waals surface area contributed by atoms with Crippen LogP contribution >= 0.6 is 15.9 Å². The molecule has 10 nitrogen and oxygen atoms in total. The SMILES string of the molecule is CN(C)C(=O)c1cccc(OC2=NC(Oc3cc(Br)cc(C#N)c3)=C3NC(=O)CN=C3N2)c1. The van der Waals surface area contributed by atoms with Crippen molar-refractivity contribution in [1.82, 2.24) is 15.5 Å². The first-order chi connectivity index (χ1) is 15.8. The number of carbonyl (C=O) groups is 2. The molecule has 0 fully saturated rings. The molecule has 2 N–H and O–H groups in total. The fraction of sp³-hybridized carbons (Fsp3) is 0.136. The third kappa shape index (κ3) is 5.02. The molecule has 0 bridgehead atoms. The van der Waals surface area contributed by atoms with Gasteiger partial charge in [-0.1, -0.05) is 22.0 Å². The molecule has 2 aromatic carbocycles. The van der Waals surface area contributed by atoms with Gasteiger partial charge >= 0.3 is 6.02 Å². The topological polar surface area (TPSA) is 128 Å². The molecule has 2 heterocycles. The van der Waals surface area contributed by atoms with E-state index in [0.717, 1.165) is 0 Å². The Morgan fingerprint density at radius 3 is 2.73 bits per heavy atom. The highest BCUT2D eigenvalue weighted by Gasteiger charge is 2.29. The van der Waals surface area contributed by atoms with Crippen molar-refractivity contribution in [3.8, 4) is 17.6 Å². The highest BCUT2D eigenvalue weighted by atomic mass is 79.9. The summed E-state index contributed by atoms with van der Waals surface area (Å²) in [6, 6.07) is 13.6. The van der Waals surface area contributed by atoms with E-state index in [1.807, 2.05) is 6.07 Å². The molecule has 2 aliphatic rings. The standard InChI is InChI=1S/C22H17BrN6O4/c1-29(2)21(31)13-4-3-5-15(8-13)33-22-27-19-18(26-17(30)11-25-19)20(28-22)32-16-7-12(10-24)6-14(23)9-16/h3-9H,11H2,1-2H3,(H,26,30)(H,25,27,28). The number of hydrogen-bond acceptors (Lipinski definition) is 8. The van der Waals surface area contributed by atoms with Crippen LogP contribution in [0.25, 0.3) is 0 Å². The number of aliphatic imine (C=N–C) groups is 2. The minimum absolute atomic E-state index is 0.0260. The van der Waals surface area contributed by atoms with Gasteiger partial charge in [0.25, 0.3) is 11.8 Å². The van der Waals surface area contributed by atoms with Gasteiger partial charge in [0.1, 0.15) is 23.7 Å². The van der Waals surface area contributed by atoms with Gasteiger partial charge in [-0.3, -0.25) is 19.9 Å². The second-order valence-electron chi connectivity index (χ2n) is 7.15. The molecule has 0 saturated carbocycles. The Hall–Kier alpha value is -4.17. The first-order valence-electron chi connectivity index (χ1n) is 9.65. The van der Waals surface area contributed by atoms with Crippen molar-refractivity contribution >= 4 is 39.6 Å². The average molecular weight is 509 g/mol. The van der Waals surface area contributed by atoms with Crippen molar-refractivity contribution in [1.29, 1.82) is 5.26 Å². The number of nitrogens with one attached hydrogen (secondary N) is 2. The number of fused-ring (bicyclic) bond motifs is 1. The monoisotopic (exact) mass is 508 g/mol. The van der Waals surface area contributed by atoms with E-state index in [4.69, 9.17) is 9.47 Å². The van der Waals surface area contributed by atoms with E-state index in [2.05, 4.69) is 36.5 Å². The van der Waals surface area contributed by atoms with Gasteiger partial charge in [0.2, 0.25) is 5.91 Å². The van der Waals surface area contributed by atoms with Crippen LogP contribution in [0.3, 0.4) is 0 Å². The van der Waals surface area contributed by atoms with Gasteiger partial charge in [-0.15, -0.1) is 0 Å². The van der Waals surface area contributed by atoms with Crippen molar-refractivity contribution in [3.63, 3.8) is 0 Å². The van der Waals surface area contributed by atoms with E-state index in [1.54, 1.807) is 50.5 Å². The highest BCUT2D eigenvalue weighted by molar-refractivity contribution is 9.10. The predicted molar refractivity (Wildman–Crippen MR) is 123 cm³/mol. The number of ether oxygens (including phenoxy) is 2. The van der Waals surface area contributed by atoms with E-state index in [9.17, 15) is 14.9 Å². The molecule has 0 aliphatic carbocycles. The fourth-order valence-corrected chi connectivity index (χ4v) is 3.46. The van der Waals surface area contributed by atoms with Crippen LogP contribution in [-0.4, -0.2) is 49.2 Å². The number of rotatable bonds is 4. The summed E-state index contributed by atoms with van der Waals surface area (Å²) in [5.74, 6) is 0.534. The zero-order valence-electron chi connectivity index (χ0n) is 17.5. The number of benzene rings is 2. The molecule has 2 aliphatic heterocycles. The molecule has 2 aromatic rings. The van der Waals surface area contributed by atoms with E-state index in [1.165, 1.54) is 11.0 Å². The molecule has 0 aromatic heterocycles. The third-order valence-electron chi connectivity index (χ3n) is 4.44. The van der Waals surface area contributed by atoms with Crippen LogP contribution in [-0.2, 0) is 4.79 Å². The minimum atomic E-state index is -0.321. The average Bonchev–Trinajstić information content (AvgIpc) is 2.78. The van der Waals surface area contributed by atoms with Gasteiger partial charge in [-0.25, -0.2) is 0 Å². The van der Waals surface area contributed by atoms with Crippen LogP contribution in [0, 0.1) is 11.3 Å². The number of amides is 2. The van der Waals surface area contributed by atoms with Gasteiger partial charge < -0.3 is 19.7 Å². The Balaban J connectivity index is 1.67. The van der Waals surface area contributed by atoms with Crippen molar-refractivity contribution in [2.75, 3.05) is 20.6 Å². The second-order valence-corrected chi connectivity index (χ2v) is 8.07. The van der Waals surface area contributed by atoms with Gasteiger partial charge in [-0.05, 0) is 36.4 Å². The summed E-state index contributed by atoms with van der Waals surface area (Å²) in [6.07, 6.45) is 0. The van der Waals surface area contributed by atoms with Crippen LogP contribution in [0.1, 0.15) is 15.9 Å². The Morgan fingerprint density at radius 2 is 1.97 bits per heavy atom. The van der Waals surface area contributed by atoms with Gasteiger partial charge in [-0.2, -0.15) is 10.3 Å². The summed E-state index contributed by atoms with van der Waals surface area (Å²) in [6.45, 7) is -0.0747. The van der Waals surface area contributed by atoms with Gasteiger partial charge in [0.15, 0.2) is 5.84 Å². The van der Waals surface area contributed by atoms with Crippen molar-refractivity contribution in [3.05, 3.63) is 69.6 Å². The lowest BCUT2D eigenvalue weighted by molar-refractivity contribution is -0.119. The number of amidine groups is 2. The largest absolute Gasteiger partial charge is 0.437 e. The summed E-state index contributed by atoms with van der Waals surface area (Å²) >= 11 is 3.34. The molecular formula is C22H17BrN6O4. The lowest BCUT2D eigenvalue weighted by Crippen LogP contribution is -2.48. The lowest BCUT2D eigenvalue weighted by Gasteiger charge is -2.24. The number of halogens is 1. The molecule has 2 amide bonds. The van der Waals surface area contributed by atoms with Crippen LogP contribution in [0.5, 0.6) is 11.5 Å². The molecule has 0 saturated heterocycles. The van der Waals surface area contributed by atoms with E-state index in [0.29, 0.717) is 32.9 Å². The lowest BCUT2D eigenvalue weighted by atomic mass is 10.2. The van der Waals surface area contributed by atoms with Gasteiger partial charge in [0, 0.05) is 24.1 Å². The summed E-state index contributed by atoms with van der Waals surface area (Å²) in [5, 5.41) is 14.8. The zero-order chi connectivity index (χ0) is 23.5. The molecule has 0 unspecified atom stereocenters. The first-order valence-corrected chi connectivity index (χ1v) is 10.4. The van der Waals surface area contributed by atoms with Crippen LogP contribution in [0.2, 0.25) is 0 Å². The van der Waals surface area contributed by atoms with E-state index in [-0.39, 0.29) is 36.0 Å². The van der Waals surface area contributed by atoms with Gasteiger partial charge in [0.05, 0.1) is 11.6 Å². The quantitative estimate of drug-likeness (QED) is 0.650. The maximum absolute atomic E-state index is 12.3. The molecular weight excluding hydrogens is 492 g/mol. The Labute approximate surface area is 197 Å². The smallest absolute Gasteiger partial charge is 0.304 e. The molecule has 0 spiro atoms. The van der Waals surface area contributed by atoms with Crippen LogP contribution in [0.15, 0.2) is 68.5 Å².